The number of nitrogens with zero attached hydrogens (tertiary/aromatic N) is 2. The molecule has 1 amide bonds. The maximum Gasteiger partial charge on any atom is 0.256 e. The van der Waals surface area contributed by atoms with Gasteiger partial charge in [-0.25, -0.2) is 0 Å². The zero-order chi connectivity index (χ0) is 14.5. The van der Waals surface area contributed by atoms with Gasteiger partial charge in [-0.15, -0.1) is 0 Å². The van der Waals surface area contributed by atoms with Crippen molar-refractivity contribution in [2.24, 2.45) is 0 Å². The van der Waals surface area contributed by atoms with Gasteiger partial charge in [0, 0.05) is 19.3 Å². The number of carbonyl (C=O) groups is 1. The lowest BCUT2D eigenvalue weighted by Crippen LogP contribution is -2.50. The van der Waals surface area contributed by atoms with Crippen molar-refractivity contribution in [1.82, 2.24) is 9.88 Å². The van der Waals surface area contributed by atoms with E-state index >= 15 is 0 Å². The SMILES string of the molecule is CCCNc1cnccc1C(=O)N1CC(C)OCC1C. The molecule has 110 valence electrons. The molecule has 2 unspecified atom stereocenters. The number of anilines is 1. The second kappa shape index (κ2) is 6.70. The van der Waals surface area contributed by atoms with E-state index in [0.717, 1.165) is 18.7 Å². The first-order valence-electron chi connectivity index (χ1n) is 7.24. The number of pyridine rings is 1. The predicted molar refractivity (Wildman–Crippen MR) is 78.9 cm³/mol. The van der Waals surface area contributed by atoms with Crippen LogP contribution in [0.3, 0.4) is 0 Å². The number of rotatable bonds is 4. The van der Waals surface area contributed by atoms with Crippen molar-refractivity contribution in [2.45, 2.75) is 39.3 Å². The van der Waals surface area contributed by atoms with E-state index in [2.05, 4.69) is 17.2 Å². The molecule has 2 atom stereocenters. The Morgan fingerprint density at radius 2 is 2.35 bits per heavy atom. The molecule has 0 aromatic carbocycles. The average molecular weight is 277 g/mol. The zero-order valence-corrected chi connectivity index (χ0v) is 12.4. The molecule has 1 saturated heterocycles. The summed E-state index contributed by atoms with van der Waals surface area (Å²) in [5.41, 5.74) is 1.50. The van der Waals surface area contributed by atoms with Gasteiger partial charge in [0.15, 0.2) is 0 Å². The van der Waals surface area contributed by atoms with Crippen molar-refractivity contribution < 1.29 is 9.53 Å². The summed E-state index contributed by atoms with van der Waals surface area (Å²) in [6.07, 6.45) is 4.48. The van der Waals surface area contributed by atoms with Gasteiger partial charge in [-0.3, -0.25) is 9.78 Å². The van der Waals surface area contributed by atoms with Gasteiger partial charge in [0.05, 0.1) is 36.2 Å². The fourth-order valence-corrected chi connectivity index (χ4v) is 2.32. The van der Waals surface area contributed by atoms with E-state index in [0.29, 0.717) is 18.7 Å². The maximum absolute atomic E-state index is 12.7. The summed E-state index contributed by atoms with van der Waals surface area (Å²) in [6.45, 7) is 8.17. The minimum Gasteiger partial charge on any atom is -0.383 e. The van der Waals surface area contributed by atoms with Crippen LogP contribution in [0.25, 0.3) is 0 Å². The van der Waals surface area contributed by atoms with Crippen LogP contribution in [0.15, 0.2) is 18.5 Å². The van der Waals surface area contributed by atoms with E-state index in [1.54, 1.807) is 18.5 Å². The Labute approximate surface area is 120 Å². The topological polar surface area (TPSA) is 54.5 Å². The summed E-state index contributed by atoms with van der Waals surface area (Å²) in [6, 6.07) is 1.89. The predicted octanol–water partition coefficient (Wildman–Crippen LogP) is 2.15. The Kier molecular flexibility index (Phi) is 4.95. The molecule has 0 radical (unpaired) electrons. The first-order chi connectivity index (χ1) is 9.63. The zero-order valence-electron chi connectivity index (χ0n) is 12.4. The summed E-state index contributed by atoms with van der Waals surface area (Å²) < 4.78 is 5.58. The van der Waals surface area contributed by atoms with Crippen molar-refractivity contribution in [3.05, 3.63) is 24.0 Å². The summed E-state index contributed by atoms with van der Waals surface area (Å²) in [4.78, 5) is 18.7. The number of ether oxygens (including phenoxy) is 1. The van der Waals surface area contributed by atoms with Gasteiger partial charge in [-0.2, -0.15) is 0 Å². The molecule has 1 N–H and O–H groups in total. The van der Waals surface area contributed by atoms with Crippen LogP contribution in [0.5, 0.6) is 0 Å². The number of aromatic nitrogens is 1. The molecular weight excluding hydrogens is 254 g/mol. The van der Waals surface area contributed by atoms with E-state index in [1.807, 2.05) is 18.7 Å². The minimum absolute atomic E-state index is 0.0497. The Morgan fingerprint density at radius 1 is 1.55 bits per heavy atom. The first kappa shape index (κ1) is 14.8. The lowest BCUT2D eigenvalue weighted by Gasteiger charge is -2.37. The second-order valence-electron chi connectivity index (χ2n) is 5.30. The third-order valence-corrected chi connectivity index (χ3v) is 3.49. The molecule has 0 aliphatic carbocycles. The molecule has 5 heteroatoms. The summed E-state index contributed by atoms with van der Waals surface area (Å²) >= 11 is 0. The van der Waals surface area contributed by atoms with Crippen molar-refractivity contribution in [1.29, 1.82) is 0 Å². The molecule has 1 aromatic rings. The normalized spacial score (nSPS) is 22.6. The second-order valence-corrected chi connectivity index (χ2v) is 5.30. The highest BCUT2D eigenvalue weighted by atomic mass is 16.5. The molecule has 20 heavy (non-hydrogen) atoms. The number of carbonyl (C=O) groups excluding carboxylic acids is 1. The van der Waals surface area contributed by atoms with Crippen LogP contribution in [0, 0.1) is 0 Å². The van der Waals surface area contributed by atoms with E-state index in [9.17, 15) is 4.79 Å². The molecule has 1 aliphatic rings. The van der Waals surface area contributed by atoms with Gasteiger partial charge in [0.25, 0.3) is 5.91 Å². The summed E-state index contributed by atoms with van der Waals surface area (Å²) in [7, 11) is 0. The number of nitrogens with one attached hydrogen (secondary N) is 1. The smallest absolute Gasteiger partial charge is 0.256 e. The maximum atomic E-state index is 12.7. The van der Waals surface area contributed by atoms with Gasteiger partial charge in [0.1, 0.15) is 0 Å². The number of morpholine rings is 1. The summed E-state index contributed by atoms with van der Waals surface area (Å²) in [5.74, 6) is 0.0497. The van der Waals surface area contributed by atoms with Crippen molar-refractivity contribution in [2.75, 3.05) is 25.0 Å². The molecule has 1 aliphatic heterocycles. The third-order valence-electron chi connectivity index (χ3n) is 3.49. The Bertz CT molecular complexity index is 464. The standard InChI is InChI=1S/C15H23N3O2/c1-4-6-17-14-8-16-7-5-13(14)15(19)18-9-12(3)20-10-11(18)2/h5,7-8,11-12,17H,4,6,9-10H2,1-3H3. The van der Waals surface area contributed by atoms with Gasteiger partial charge < -0.3 is 15.0 Å². The largest absolute Gasteiger partial charge is 0.383 e. The lowest BCUT2D eigenvalue weighted by atomic mass is 10.1. The molecule has 1 fully saturated rings. The molecule has 0 spiro atoms. The van der Waals surface area contributed by atoms with E-state index < -0.39 is 0 Å². The van der Waals surface area contributed by atoms with E-state index in [4.69, 9.17) is 4.74 Å². The van der Waals surface area contributed by atoms with E-state index in [-0.39, 0.29) is 18.1 Å². The van der Waals surface area contributed by atoms with Crippen molar-refractivity contribution in [3.63, 3.8) is 0 Å². The number of hydrogen-bond donors (Lipinski definition) is 1. The van der Waals surface area contributed by atoms with Gasteiger partial charge in [-0.05, 0) is 26.3 Å². The van der Waals surface area contributed by atoms with Crippen LogP contribution in [0.4, 0.5) is 5.69 Å². The molecule has 2 heterocycles. The van der Waals surface area contributed by atoms with Crippen molar-refractivity contribution >= 4 is 11.6 Å². The average Bonchev–Trinajstić information content (AvgIpc) is 2.47. The highest BCUT2D eigenvalue weighted by Gasteiger charge is 2.29. The van der Waals surface area contributed by atoms with Crippen LogP contribution in [0.2, 0.25) is 0 Å². The van der Waals surface area contributed by atoms with Crippen LogP contribution < -0.4 is 5.32 Å². The minimum atomic E-state index is 0.0497. The van der Waals surface area contributed by atoms with Crippen LogP contribution in [-0.4, -0.2) is 47.6 Å². The first-order valence-corrected chi connectivity index (χ1v) is 7.24. The van der Waals surface area contributed by atoms with E-state index in [1.165, 1.54) is 0 Å². The quantitative estimate of drug-likeness (QED) is 0.916. The molecule has 0 bridgehead atoms. The highest BCUT2D eigenvalue weighted by Crippen LogP contribution is 2.20. The third kappa shape index (κ3) is 3.28. The molecular formula is C15H23N3O2. The molecule has 1 aromatic heterocycles. The Morgan fingerprint density at radius 3 is 3.10 bits per heavy atom. The van der Waals surface area contributed by atoms with Gasteiger partial charge in [0.2, 0.25) is 0 Å². The number of hydrogen-bond acceptors (Lipinski definition) is 4. The monoisotopic (exact) mass is 277 g/mol. The van der Waals surface area contributed by atoms with Gasteiger partial charge >= 0.3 is 0 Å². The van der Waals surface area contributed by atoms with Crippen LogP contribution >= 0.6 is 0 Å². The lowest BCUT2D eigenvalue weighted by molar-refractivity contribution is -0.0386. The van der Waals surface area contributed by atoms with Crippen LogP contribution in [0.1, 0.15) is 37.6 Å². The van der Waals surface area contributed by atoms with Crippen molar-refractivity contribution in [3.8, 4) is 0 Å². The fraction of sp³-hybridized carbons (Fsp3) is 0.600. The fourth-order valence-electron chi connectivity index (χ4n) is 2.32. The highest BCUT2D eigenvalue weighted by molar-refractivity contribution is 5.99. The Balaban J connectivity index is 2.19. The Hall–Kier alpha value is -1.62. The molecule has 2 rings (SSSR count). The molecule has 0 saturated carbocycles. The number of amides is 1. The molecule has 5 nitrogen and oxygen atoms in total. The van der Waals surface area contributed by atoms with Gasteiger partial charge in [-0.1, -0.05) is 6.92 Å². The summed E-state index contributed by atoms with van der Waals surface area (Å²) in [5, 5.41) is 3.27. The van der Waals surface area contributed by atoms with Crippen LogP contribution in [-0.2, 0) is 4.74 Å².